The fourth-order valence-electron chi connectivity index (χ4n) is 2.20. The molecule has 0 aliphatic heterocycles. The zero-order chi connectivity index (χ0) is 16.5. The molecule has 0 saturated carbocycles. The fraction of sp³-hybridized carbons (Fsp3) is 0.278. The Labute approximate surface area is 160 Å². The predicted molar refractivity (Wildman–Crippen MR) is 109 cm³/mol. The summed E-state index contributed by atoms with van der Waals surface area (Å²) in [5.41, 5.74) is 9.12. The van der Waals surface area contributed by atoms with Gasteiger partial charge >= 0.3 is 0 Å². The van der Waals surface area contributed by atoms with Crippen LogP contribution >= 0.6 is 24.0 Å². The molecule has 0 saturated heterocycles. The summed E-state index contributed by atoms with van der Waals surface area (Å²) in [6, 6.07) is 15.8. The minimum atomic E-state index is 0. The summed E-state index contributed by atoms with van der Waals surface area (Å²) in [6.07, 6.45) is 0.825. The van der Waals surface area contributed by atoms with Crippen LogP contribution < -0.4 is 15.8 Å². The lowest BCUT2D eigenvalue weighted by atomic mass is 10.1. The van der Waals surface area contributed by atoms with Gasteiger partial charge in [-0.15, -0.1) is 24.0 Å². The van der Waals surface area contributed by atoms with Crippen LogP contribution in [-0.2, 0) is 17.8 Å². The van der Waals surface area contributed by atoms with E-state index in [4.69, 9.17) is 15.2 Å². The SMILES string of the molecule is COCc1ccccc1NC(N)=NCCc1ccc(OC)cc1.I. The summed E-state index contributed by atoms with van der Waals surface area (Å²) in [7, 11) is 3.33. The quantitative estimate of drug-likeness (QED) is 0.393. The van der Waals surface area contributed by atoms with Gasteiger partial charge in [-0.2, -0.15) is 0 Å². The van der Waals surface area contributed by atoms with Crippen molar-refractivity contribution in [2.24, 2.45) is 10.7 Å². The first kappa shape index (κ1) is 20.2. The molecule has 0 unspecified atom stereocenters. The Morgan fingerprint density at radius 1 is 1.08 bits per heavy atom. The molecular weight excluding hydrogens is 417 g/mol. The standard InChI is InChI=1S/C18H23N3O2.HI/c1-22-13-15-5-3-4-6-17(15)21-18(19)20-12-11-14-7-9-16(23-2)10-8-14;/h3-10H,11-13H2,1-2H3,(H3,19,20,21);1H. The van der Waals surface area contributed by atoms with E-state index in [2.05, 4.69) is 10.3 Å². The van der Waals surface area contributed by atoms with Crippen molar-refractivity contribution in [3.63, 3.8) is 0 Å². The summed E-state index contributed by atoms with van der Waals surface area (Å²) < 4.78 is 10.3. The number of ether oxygens (including phenoxy) is 2. The first-order valence-corrected chi connectivity index (χ1v) is 7.49. The number of methoxy groups -OCH3 is 2. The molecule has 0 radical (unpaired) electrons. The van der Waals surface area contributed by atoms with Crippen LogP contribution in [0.15, 0.2) is 53.5 Å². The Bertz CT molecular complexity index is 645. The van der Waals surface area contributed by atoms with Crippen molar-refractivity contribution in [2.75, 3.05) is 26.1 Å². The maximum absolute atomic E-state index is 5.96. The number of guanidine groups is 1. The number of rotatable bonds is 7. The third-order valence-electron chi connectivity index (χ3n) is 3.42. The van der Waals surface area contributed by atoms with Crippen molar-refractivity contribution in [1.29, 1.82) is 0 Å². The number of anilines is 1. The number of aliphatic imine (C=N–C) groups is 1. The molecule has 0 atom stereocenters. The maximum atomic E-state index is 5.96. The minimum Gasteiger partial charge on any atom is -0.497 e. The van der Waals surface area contributed by atoms with Gasteiger partial charge in [0.15, 0.2) is 5.96 Å². The number of halogens is 1. The third kappa shape index (κ3) is 6.37. The Hall–Kier alpha value is -1.80. The number of hydrogen-bond acceptors (Lipinski definition) is 3. The van der Waals surface area contributed by atoms with Crippen LogP contribution in [0.3, 0.4) is 0 Å². The van der Waals surface area contributed by atoms with Crippen molar-refractivity contribution in [1.82, 2.24) is 0 Å². The largest absolute Gasteiger partial charge is 0.497 e. The van der Waals surface area contributed by atoms with E-state index < -0.39 is 0 Å². The summed E-state index contributed by atoms with van der Waals surface area (Å²) in [5.74, 6) is 1.26. The van der Waals surface area contributed by atoms with E-state index >= 15 is 0 Å². The van der Waals surface area contributed by atoms with E-state index in [1.807, 2.05) is 48.5 Å². The molecule has 2 rings (SSSR count). The summed E-state index contributed by atoms with van der Waals surface area (Å²) in [6.45, 7) is 1.15. The van der Waals surface area contributed by atoms with E-state index in [0.717, 1.165) is 23.4 Å². The molecule has 0 aliphatic carbocycles. The smallest absolute Gasteiger partial charge is 0.193 e. The number of para-hydroxylation sites is 1. The Morgan fingerprint density at radius 2 is 1.79 bits per heavy atom. The fourth-order valence-corrected chi connectivity index (χ4v) is 2.20. The van der Waals surface area contributed by atoms with Crippen LogP contribution in [0.25, 0.3) is 0 Å². The normalized spacial score (nSPS) is 10.8. The van der Waals surface area contributed by atoms with Gasteiger partial charge in [0.2, 0.25) is 0 Å². The highest BCUT2D eigenvalue weighted by Gasteiger charge is 2.02. The molecule has 3 N–H and O–H groups in total. The monoisotopic (exact) mass is 441 g/mol. The van der Waals surface area contributed by atoms with Crippen LogP contribution in [0, 0.1) is 0 Å². The molecule has 0 aliphatic rings. The molecule has 130 valence electrons. The molecule has 6 heteroatoms. The highest BCUT2D eigenvalue weighted by atomic mass is 127. The average molecular weight is 441 g/mol. The van der Waals surface area contributed by atoms with Crippen molar-refractivity contribution in [3.05, 3.63) is 59.7 Å². The molecule has 2 aromatic carbocycles. The van der Waals surface area contributed by atoms with E-state index in [1.165, 1.54) is 5.56 Å². The molecule has 24 heavy (non-hydrogen) atoms. The number of benzene rings is 2. The number of hydrogen-bond donors (Lipinski definition) is 2. The Morgan fingerprint density at radius 3 is 2.46 bits per heavy atom. The summed E-state index contributed by atoms with van der Waals surface area (Å²) in [4.78, 5) is 4.37. The number of nitrogens with one attached hydrogen (secondary N) is 1. The van der Waals surface area contributed by atoms with Gasteiger partial charge in [0.1, 0.15) is 5.75 Å². The van der Waals surface area contributed by atoms with Gasteiger partial charge in [-0.3, -0.25) is 4.99 Å². The van der Waals surface area contributed by atoms with Crippen molar-refractivity contribution >= 4 is 35.6 Å². The predicted octanol–water partition coefficient (Wildman–Crippen LogP) is 3.43. The van der Waals surface area contributed by atoms with Crippen LogP contribution in [0.2, 0.25) is 0 Å². The topological polar surface area (TPSA) is 68.9 Å². The second-order valence-electron chi connectivity index (χ2n) is 5.08. The Balaban J connectivity index is 0.00000288. The van der Waals surface area contributed by atoms with Gasteiger partial charge < -0.3 is 20.5 Å². The van der Waals surface area contributed by atoms with Crippen molar-refractivity contribution < 1.29 is 9.47 Å². The molecular formula is C18H24IN3O2. The number of nitrogens with zero attached hydrogens (tertiary/aromatic N) is 1. The highest BCUT2D eigenvalue weighted by Crippen LogP contribution is 2.15. The van der Waals surface area contributed by atoms with Gasteiger partial charge in [-0.1, -0.05) is 30.3 Å². The van der Waals surface area contributed by atoms with Crippen LogP contribution in [0.1, 0.15) is 11.1 Å². The molecule has 0 aromatic heterocycles. The van der Waals surface area contributed by atoms with Gasteiger partial charge in [0.05, 0.1) is 13.7 Å². The first-order chi connectivity index (χ1) is 11.2. The van der Waals surface area contributed by atoms with Crippen molar-refractivity contribution in [3.8, 4) is 5.75 Å². The van der Waals surface area contributed by atoms with E-state index in [1.54, 1.807) is 14.2 Å². The van der Waals surface area contributed by atoms with Crippen LogP contribution in [0.4, 0.5) is 5.69 Å². The lowest BCUT2D eigenvalue weighted by Crippen LogP contribution is -2.23. The van der Waals surface area contributed by atoms with E-state index in [0.29, 0.717) is 19.1 Å². The van der Waals surface area contributed by atoms with Gasteiger partial charge in [-0.05, 0) is 30.2 Å². The molecule has 0 spiro atoms. The van der Waals surface area contributed by atoms with Crippen LogP contribution in [-0.4, -0.2) is 26.7 Å². The van der Waals surface area contributed by atoms with Gasteiger partial charge in [-0.25, -0.2) is 0 Å². The zero-order valence-electron chi connectivity index (χ0n) is 14.0. The average Bonchev–Trinajstić information content (AvgIpc) is 2.57. The molecule has 0 bridgehead atoms. The lowest BCUT2D eigenvalue weighted by Gasteiger charge is -2.10. The van der Waals surface area contributed by atoms with Gasteiger partial charge in [0.25, 0.3) is 0 Å². The second kappa shape index (κ2) is 10.9. The molecule has 2 aromatic rings. The maximum Gasteiger partial charge on any atom is 0.193 e. The highest BCUT2D eigenvalue weighted by molar-refractivity contribution is 14.0. The first-order valence-electron chi connectivity index (χ1n) is 7.49. The zero-order valence-corrected chi connectivity index (χ0v) is 16.3. The number of nitrogens with two attached hydrogens (primary N) is 1. The molecule has 0 fully saturated rings. The van der Waals surface area contributed by atoms with Crippen molar-refractivity contribution in [2.45, 2.75) is 13.0 Å². The second-order valence-corrected chi connectivity index (χ2v) is 5.08. The lowest BCUT2D eigenvalue weighted by molar-refractivity contribution is 0.185. The van der Waals surface area contributed by atoms with Gasteiger partial charge in [0, 0.05) is 24.9 Å². The summed E-state index contributed by atoms with van der Waals surface area (Å²) in [5, 5.41) is 3.13. The molecule has 0 heterocycles. The Kier molecular flexibility index (Phi) is 9.18. The summed E-state index contributed by atoms with van der Waals surface area (Å²) >= 11 is 0. The minimum absolute atomic E-state index is 0. The van der Waals surface area contributed by atoms with Crippen LogP contribution in [0.5, 0.6) is 5.75 Å². The third-order valence-corrected chi connectivity index (χ3v) is 3.42. The van der Waals surface area contributed by atoms with E-state index in [-0.39, 0.29) is 24.0 Å². The molecule has 5 nitrogen and oxygen atoms in total. The molecule has 0 amide bonds. The van der Waals surface area contributed by atoms with E-state index in [9.17, 15) is 0 Å².